The SMILES string of the molecule is Cc1cc(-n2nc3ccc4cc(S(=O)(=O)[O-])ccc4c3n2)ccc1N=Nc1ccc(C=Cc2ccc(-n3nc4cc(S(=O)(=O)[O-])c5ccc(S(=O)(=O)[O-])cc5c4n3)cc2S(=O)(=O)[O-])c(S(=O)(=O)[O-])c1.[Na+].[Na+].[Na+].[Na+].[Na+]. The number of rotatable bonds is 11. The molecule has 0 aliphatic carbocycles. The molecule has 0 saturated heterocycles. The molecule has 0 radical (unpaired) electrons. The summed E-state index contributed by atoms with van der Waals surface area (Å²) in [5.74, 6) is 0. The van der Waals surface area contributed by atoms with Crippen molar-refractivity contribution >= 4 is 118 Å². The fourth-order valence-corrected chi connectivity index (χ4v) is 10.4. The molecule has 352 valence electrons. The molecule has 0 aliphatic rings. The molecule has 0 atom stereocenters. The van der Waals surface area contributed by atoms with E-state index in [1.54, 1.807) is 37.3 Å². The summed E-state index contributed by atoms with van der Waals surface area (Å²) in [7, 11) is -25.5. The van der Waals surface area contributed by atoms with Crippen molar-refractivity contribution in [3.05, 3.63) is 126 Å². The van der Waals surface area contributed by atoms with E-state index in [-0.39, 0.29) is 197 Å². The normalized spacial score (nSPS) is 12.4. The van der Waals surface area contributed by atoms with Crippen LogP contribution in [0.25, 0.3) is 67.1 Å². The zero-order chi connectivity index (χ0) is 49.6. The van der Waals surface area contributed by atoms with Crippen molar-refractivity contribution in [2.75, 3.05) is 0 Å². The van der Waals surface area contributed by atoms with Crippen molar-refractivity contribution in [3.8, 4) is 11.4 Å². The second-order valence-electron chi connectivity index (χ2n) is 15.0. The second kappa shape index (κ2) is 24.0. The third-order valence-electron chi connectivity index (χ3n) is 10.5. The van der Waals surface area contributed by atoms with Crippen LogP contribution in [-0.4, -0.2) is 94.8 Å². The molecule has 0 saturated carbocycles. The Morgan fingerprint density at radius 2 is 0.932 bits per heavy atom. The first-order valence-electron chi connectivity index (χ1n) is 19.1. The van der Waals surface area contributed by atoms with Gasteiger partial charge in [-0.15, -0.1) is 20.4 Å². The van der Waals surface area contributed by atoms with Gasteiger partial charge >= 0.3 is 148 Å². The van der Waals surface area contributed by atoms with E-state index in [0.717, 1.165) is 59.4 Å². The fraction of sp³-hybridized carbons (Fsp3) is 0.0244. The molecular weight excluding hydrogens is 1120 g/mol. The summed E-state index contributed by atoms with van der Waals surface area (Å²) in [6, 6.07) is 21.9. The van der Waals surface area contributed by atoms with Crippen molar-refractivity contribution in [2.45, 2.75) is 31.4 Å². The minimum absolute atomic E-state index is 0. The maximum absolute atomic E-state index is 12.5. The first kappa shape index (κ1) is 64.3. The number of hydrogen-bond donors (Lipinski definition) is 0. The van der Waals surface area contributed by atoms with Gasteiger partial charge in [-0.2, -0.15) is 19.8 Å². The van der Waals surface area contributed by atoms with Gasteiger partial charge < -0.3 is 22.8 Å². The van der Waals surface area contributed by atoms with Crippen molar-refractivity contribution in [2.24, 2.45) is 10.2 Å². The van der Waals surface area contributed by atoms with Gasteiger partial charge in [-0.3, -0.25) is 0 Å². The van der Waals surface area contributed by atoms with E-state index in [2.05, 4.69) is 30.6 Å². The van der Waals surface area contributed by atoms with Crippen LogP contribution in [0.2, 0.25) is 0 Å². The van der Waals surface area contributed by atoms with Gasteiger partial charge in [0.25, 0.3) is 0 Å². The van der Waals surface area contributed by atoms with Gasteiger partial charge in [-0.1, -0.05) is 42.5 Å². The topological polar surface area (TPSA) is 372 Å². The molecule has 0 fully saturated rings. The monoisotopic (exact) mass is 1140 g/mol. The second-order valence-corrected chi connectivity index (χ2v) is 21.8. The number of fused-ring (bicyclic) bond motifs is 6. The number of nitrogens with zero attached hydrogens (tertiary/aromatic N) is 8. The van der Waals surface area contributed by atoms with E-state index >= 15 is 0 Å². The zero-order valence-electron chi connectivity index (χ0n) is 39.3. The maximum Gasteiger partial charge on any atom is 1.00 e. The average Bonchev–Trinajstić information content (AvgIpc) is 3.92. The predicted molar refractivity (Wildman–Crippen MR) is 237 cm³/mol. The van der Waals surface area contributed by atoms with Gasteiger partial charge in [0.2, 0.25) is 0 Å². The summed E-state index contributed by atoms with van der Waals surface area (Å²) in [4.78, 5) is -1.57. The standard InChI is InChI=1S/C41H28N8O15S5.5Na/c1-22-16-27(48-44-35-14-6-25-17-29(65(50,51)52)10-12-31(25)40(35)46-48)9-15-34(22)43-42-26-7-4-23(37(18-26)67(56,57)58)2-3-24-5-8-28(19-38(24)68(59,60)61)49-45-36-21-39(69(62,63)64)32-13-11-30(66(53,54)55)20-33(32)41(36)47-49;;;;;/h2-21H,1H3,(H,50,51,52)(H,53,54,55)(H,56,57,58)(H,59,60,61)(H,62,63,64);;;;;/q;5*+1/p-5. The molecule has 0 bridgehead atoms. The summed E-state index contributed by atoms with van der Waals surface area (Å²) in [6.07, 6.45) is 2.10. The molecule has 33 heteroatoms. The maximum atomic E-state index is 12.5. The fourth-order valence-electron chi connectivity index (χ4n) is 7.29. The molecule has 7 aromatic carbocycles. The van der Waals surface area contributed by atoms with Crippen molar-refractivity contribution in [3.63, 3.8) is 0 Å². The van der Waals surface area contributed by atoms with Gasteiger partial charge in [-0.05, 0) is 108 Å². The van der Waals surface area contributed by atoms with E-state index in [9.17, 15) is 64.9 Å². The van der Waals surface area contributed by atoms with Crippen LogP contribution in [0.15, 0.2) is 144 Å². The molecule has 0 aliphatic heterocycles. The molecule has 0 N–H and O–H groups in total. The molecule has 0 spiro atoms. The summed E-state index contributed by atoms with van der Waals surface area (Å²) in [5.41, 5.74) is 0.985. The van der Waals surface area contributed by atoms with Crippen LogP contribution in [0.3, 0.4) is 0 Å². The Hall–Kier alpha value is -2.25. The van der Waals surface area contributed by atoms with Crippen LogP contribution in [0.4, 0.5) is 11.4 Å². The smallest absolute Gasteiger partial charge is 0.744 e. The number of azo groups is 1. The third kappa shape index (κ3) is 13.6. The third-order valence-corrected chi connectivity index (χ3v) is 14.8. The molecule has 74 heavy (non-hydrogen) atoms. The number of hydrogen-bond acceptors (Lipinski definition) is 21. The largest absolute Gasteiger partial charge is 1.00 e. The molecule has 23 nitrogen and oxygen atoms in total. The van der Waals surface area contributed by atoms with E-state index in [1.165, 1.54) is 41.2 Å². The molecule has 9 rings (SSSR count). The van der Waals surface area contributed by atoms with Gasteiger partial charge in [0.15, 0.2) is 0 Å². The van der Waals surface area contributed by atoms with Crippen LogP contribution >= 0.6 is 0 Å². The van der Waals surface area contributed by atoms with E-state index < -0.39 is 70.2 Å². The van der Waals surface area contributed by atoms with Gasteiger partial charge in [-0.25, -0.2) is 42.1 Å². The average molecular weight is 1140 g/mol. The molecule has 0 amide bonds. The predicted octanol–water partition coefficient (Wildman–Crippen LogP) is -10.1. The zero-order valence-corrected chi connectivity index (χ0v) is 53.4. The van der Waals surface area contributed by atoms with E-state index in [1.807, 2.05) is 0 Å². The van der Waals surface area contributed by atoms with Crippen LogP contribution < -0.4 is 148 Å². The Kier molecular flexibility index (Phi) is 20.8. The van der Waals surface area contributed by atoms with E-state index in [4.69, 9.17) is 0 Å². The quantitative estimate of drug-likeness (QED) is 0.0502. The van der Waals surface area contributed by atoms with Crippen LogP contribution in [0.5, 0.6) is 0 Å². The van der Waals surface area contributed by atoms with Crippen molar-refractivity contribution in [1.82, 2.24) is 30.0 Å². The first-order valence-corrected chi connectivity index (χ1v) is 26.2. The molecular formula is C41H23N8Na5O15S5. The Bertz CT molecular complexity index is 4390. The first-order chi connectivity index (χ1) is 32.2. The minimum atomic E-state index is -5.34. The summed E-state index contributed by atoms with van der Waals surface area (Å²) < 4.78 is 181. The summed E-state index contributed by atoms with van der Waals surface area (Å²) >= 11 is 0. The van der Waals surface area contributed by atoms with Crippen LogP contribution in [0, 0.1) is 6.92 Å². The van der Waals surface area contributed by atoms with Crippen LogP contribution in [0.1, 0.15) is 16.7 Å². The number of benzene rings is 7. The Morgan fingerprint density at radius 3 is 1.50 bits per heavy atom. The van der Waals surface area contributed by atoms with Gasteiger partial charge in [0, 0.05) is 16.2 Å². The van der Waals surface area contributed by atoms with Crippen LogP contribution in [-0.2, 0) is 50.6 Å². The molecule has 9 aromatic rings. The molecule has 0 unspecified atom stereocenters. The Balaban J connectivity index is 0.00000237. The van der Waals surface area contributed by atoms with Crippen molar-refractivity contribution < 1.29 is 213 Å². The summed E-state index contributed by atoms with van der Waals surface area (Å²) in [5, 5.41) is 26.0. The molecule has 2 heterocycles. The number of aromatic nitrogens is 6. The number of aryl methyl sites for hydroxylation is 1. The van der Waals surface area contributed by atoms with Gasteiger partial charge in [0.1, 0.15) is 72.7 Å². The minimum Gasteiger partial charge on any atom is -0.744 e. The van der Waals surface area contributed by atoms with Crippen molar-refractivity contribution in [1.29, 1.82) is 0 Å². The van der Waals surface area contributed by atoms with Gasteiger partial charge in [0.05, 0.1) is 47.2 Å². The Morgan fingerprint density at radius 1 is 0.432 bits per heavy atom. The van der Waals surface area contributed by atoms with E-state index in [0.29, 0.717) is 38.7 Å². The summed E-state index contributed by atoms with van der Waals surface area (Å²) in [6.45, 7) is 1.70. The molecule has 2 aromatic heterocycles. The Labute approximate surface area is 531 Å².